The molecule has 0 atom stereocenters. The molecular formula is C9H13N3O. The lowest BCUT2D eigenvalue weighted by Crippen LogP contribution is -2.01. The van der Waals surface area contributed by atoms with Gasteiger partial charge in [0.05, 0.1) is 5.69 Å². The van der Waals surface area contributed by atoms with E-state index in [0.29, 0.717) is 0 Å². The smallest absolute Gasteiger partial charge is 0.119 e. The van der Waals surface area contributed by atoms with Crippen molar-refractivity contribution in [1.29, 1.82) is 0 Å². The first-order valence-electron chi connectivity index (χ1n) is 3.98. The number of hydroxylamine groups is 1. The second kappa shape index (κ2) is 5.03. The second-order valence-electron chi connectivity index (χ2n) is 2.55. The summed E-state index contributed by atoms with van der Waals surface area (Å²) in [6, 6.07) is 1.97. The molecule has 1 aromatic heterocycles. The molecular weight excluding hydrogens is 166 g/mol. The first kappa shape index (κ1) is 9.38. The van der Waals surface area contributed by atoms with E-state index in [-0.39, 0.29) is 0 Å². The Hall–Kier alpha value is -1.71. The summed E-state index contributed by atoms with van der Waals surface area (Å²) in [5.74, 6) is 0. The van der Waals surface area contributed by atoms with E-state index in [4.69, 9.17) is 0 Å². The van der Waals surface area contributed by atoms with Gasteiger partial charge in [-0.1, -0.05) is 0 Å². The van der Waals surface area contributed by atoms with Crippen molar-refractivity contribution in [3.8, 4) is 0 Å². The van der Waals surface area contributed by atoms with Crippen LogP contribution in [0.25, 0.3) is 0 Å². The van der Waals surface area contributed by atoms with Gasteiger partial charge < -0.3 is 4.84 Å². The minimum atomic E-state index is 1.07. The van der Waals surface area contributed by atoms with Gasteiger partial charge in [-0.3, -0.25) is 4.68 Å². The minimum absolute atomic E-state index is 1.07. The summed E-state index contributed by atoms with van der Waals surface area (Å²) < 4.78 is 1.79. The highest BCUT2D eigenvalue weighted by molar-refractivity contribution is 5.00. The summed E-state index contributed by atoms with van der Waals surface area (Å²) >= 11 is 0. The van der Waals surface area contributed by atoms with Crippen molar-refractivity contribution in [1.82, 2.24) is 15.3 Å². The average molecular weight is 179 g/mol. The zero-order chi connectivity index (χ0) is 9.52. The fourth-order valence-electron chi connectivity index (χ4n) is 0.789. The summed E-state index contributed by atoms with van der Waals surface area (Å²) in [6.45, 7) is 1.97. The first-order chi connectivity index (χ1) is 6.29. The van der Waals surface area contributed by atoms with Crippen molar-refractivity contribution < 1.29 is 4.84 Å². The van der Waals surface area contributed by atoms with E-state index in [0.717, 1.165) is 5.69 Å². The van der Waals surface area contributed by atoms with Gasteiger partial charge in [-0.05, 0) is 25.1 Å². The van der Waals surface area contributed by atoms with E-state index in [1.54, 1.807) is 23.2 Å². The Balaban J connectivity index is 0.000000132. The monoisotopic (exact) mass is 179 g/mol. The van der Waals surface area contributed by atoms with Crippen LogP contribution in [0.1, 0.15) is 5.69 Å². The molecule has 1 aliphatic rings. The molecule has 2 heterocycles. The Morgan fingerprint density at radius 1 is 1.46 bits per heavy atom. The van der Waals surface area contributed by atoms with Crippen molar-refractivity contribution in [2.75, 3.05) is 0 Å². The van der Waals surface area contributed by atoms with E-state index in [1.807, 2.05) is 32.3 Å². The number of nitrogens with zero attached hydrogens (tertiary/aromatic N) is 2. The molecule has 4 nitrogen and oxygen atoms in total. The minimum Gasteiger partial charge on any atom is -0.391 e. The lowest BCUT2D eigenvalue weighted by atomic mass is 10.5. The molecule has 0 fully saturated rings. The summed E-state index contributed by atoms with van der Waals surface area (Å²) in [5.41, 5.74) is 3.59. The van der Waals surface area contributed by atoms with Crippen LogP contribution in [0.15, 0.2) is 36.9 Å². The van der Waals surface area contributed by atoms with Gasteiger partial charge >= 0.3 is 0 Å². The normalized spacial score (nSPS) is 12.5. The fraction of sp³-hybridized carbons (Fsp3) is 0.222. The van der Waals surface area contributed by atoms with Crippen LogP contribution in [-0.4, -0.2) is 9.78 Å². The Labute approximate surface area is 77.5 Å². The van der Waals surface area contributed by atoms with Crippen LogP contribution in [0, 0.1) is 6.92 Å². The van der Waals surface area contributed by atoms with Crippen LogP contribution in [0.5, 0.6) is 0 Å². The molecule has 13 heavy (non-hydrogen) atoms. The number of aryl methyl sites for hydroxylation is 2. The van der Waals surface area contributed by atoms with Gasteiger partial charge in [0.25, 0.3) is 0 Å². The highest BCUT2D eigenvalue weighted by Gasteiger charge is 1.81. The van der Waals surface area contributed by atoms with Crippen molar-refractivity contribution in [3.63, 3.8) is 0 Å². The van der Waals surface area contributed by atoms with Gasteiger partial charge in [0, 0.05) is 19.4 Å². The van der Waals surface area contributed by atoms with Gasteiger partial charge in [0.1, 0.15) is 6.26 Å². The molecule has 0 saturated heterocycles. The standard InChI is InChI=1S/C5H8N2.C4H5NO/c1-5-3-4-7(2)6-5;1-2-4-6-5-3-1/h3-4H,1-2H3;1-5H. The zero-order valence-corrected chi connectivity index (χ0v) is 7.77. The van der Waals surface area contributed by atoms with E-state index < -0.39 is 0 Å². The molecule has 0 aliphatic carbocycles. The van der Waals surface area contributed by atoms with Crippen molar-refractivity contribution in [3.05, 3.63) is 42.6 Å². The van der Waals surface area contributed by atoms with Gasteiger partial charge in [-0.25, -0.2) is 5.48 Å². The maximum Gasteiger partial charge on any atom is 0.119 e. The third-order valence-electron chi connectivity index (χ3n) is 1.34. The lowest BCUT2D eigenvalue weighted by molar-refractivity contribution is 0.172. The number of hydrogen-bond acceptors (Lipinski definition) is 3. The summed E-state index contributed by atoms with van der Waals surface area (Å²) in [7, 11) is 1.91. The Bertz CT molecular complexity index is 273. The van der Waals surface area contributed by atoms with Gasteiger partial charge in [0.2, 0.25) is 0 Å². The maximum atomic E-state index is 4.55. The Kier molecular flexibility index (Phi) is 3.63. The summed E-state index contributed by atoms with van der Waals surface area (Å²) in [6.07, 6.45) is 8.86. The second-order valence-corrected chi connectivity index (χ2v) is 2.55. The molecule has 1 aromatic rings. The molecule has 0 radical (unpaired) electrons. The SMILES string of the molecule is C1=CNOC=C1.Cc1ccn(C)n1. The van der Waals surface area contributed by atoms with Gasteiger partial charge in [-0.15, -0.1) is 0 Å². The van der Waals surface area contributed by atoms with E-state index in [2.05, 4.69) is 15.4 Å². The van der Waals surface area contributed by atoms with E-state index in [9.17, 15) is 0 Å². The average Bonchev–Trinajstić information content (AvgIpc) is 2.54. The molecule has 4 heteroatoms. The number of rotatable bonds is 0. The quantitative estimate of drug-likeness (QED) is 0.652. The van der Waals surface area contributed by atoms with Crippen LogP contribution in [0.2, 0.25) is 0 Å². The third kappa shape index (κ3) is 4.00. The largest absolute Gasteiger partial charge is 0.391 e. The molecule has 0 amide bonds. The lowest BCUT2D eigenvalue weighted by Gasteiger charge is -1.97. The molecule has 0 saturated carbocycles. The van der Waals surface area contributed by atoms with Crippen molar-refractivity contribution >= 4 is 0 Å². The Morgan fingerprint density at radius 2 is 2.31 bits per heavy atom. The molecule has 70 valence electrons. The number of aromatic nitrogens is 2. The molecule has 0 aromatic carbocycles. The molecule has 0 unspecified atom stereocenters. The Morgan fingerprint density at radius 3 is 2.46 bits per heavy atom. The van der Waals surface area contributed by atoms with Gasteiger partial charge in [-0.2, -0.15) is 5.10 Å². The predicted molar refractivity (Wildman–Crippen MR) is 50.4 cm³/mol. The van der Waals surface area contributed by atoms with Gasteiger partial charge in [0.15, 0.2) is 0 Å². The first-order valence-corrected chi connectivity index (χ1v) is 3.98. The zero-order valence-electron chi connectivity index (χ0n) is 7.77. The summed E-state index contributed by atoms with van der Waals surface area (Å²) in [5, 5.41) is 4.03. The molecule has 0 spiro atoms. The van der Waals surface area contributed by atoms with E-state index in [1.165, 1.54) is 0 Å². The number of allylic oxidation sites excluding steroid dienone is 2. The molecule has 1 N–H and O–H groups in total. The highest BCUT2D eigenvalue weighted by Crippen LogP contribution is 1.86. The highest BCUT2D eigenvalue weighted by atomic mass is 16.6. The fourth-order valence-corrected chi connectivity index (χ4v) is 0.789. The number of nitrogens with one attached hydrogen (secondary N) is 1. The molecule has 2 rings (SSSR count). The third-order valence-corrected chi connectivity index (χ3v) is 1.34. The van der Waals surface area contributed by atoms with Crippen LogP contribution in [-0.2, 0) is 11.9 Å². The predicted octanol–water partition coefficient (Wildman–Crippen LogP) is 1.28. The topological polar surface area (TPSA) is 39.1 Å². The number of hydrogen-bond donors (Lipinski definition) is 1. The molecule has 0 bridgehead atoms. The van der Waals surface area contributed by atoms with Crippen LogP contribution in [0.4, 0.5) is 0 Å². The summed E-state index contributed by atoms with van der Waals surface area (Å²) in [4.78, 5) is 4.55. The van der Waals surface area contributed by atoms with E-state index >= 15 is 0 Å². The molecule has 1 aliphatic heterocycles. The van der Waals surface area contributed by atoms with Crippen LogP contribution >= 0.6 is 0 Å². The van der Waals surface area contributed by atoms with Crippen molar-refractivity contribution in [2.45, 2.75) is 6.92 Å². The van der Waals surface area contributed by atoms with Crippen LogP contribution in [0.3, 0.4) is 0 Å². The van der Waals surface area contributed by atoms with Crippen molar-refractivity contribution in [2.24, 2.45) is 7.05 Å². The maximum absolute atomic E-state index is 4.55. The van der Waals surface area contributed by atoms with Crippen LogP contribution < -0.4 is 5.48 Å².